The number of anilines is 1. The highest BCUT2D eigenvalue weighted by atomic mass is 35.5. The van der Waals surface area contributed by atoms with E-state index in [0.717, 1.165) is 24.7 Å². The zero-order valence-corrected chi connectivity index (χ0v) is 14.4. The first-order valence-electron chi connectivity index (χ1n) is 8.34. The monoisotopic (exact) mass is 308 g/mol. The number of nitrogens with one attached hydrogen (secondary N) is 1. The number of hydrogen-bond donors (Lipinski definition) is 1. The molecule has 1 aromatic rings. The molecule has 118 valence electrons. The molecule has 0 spiro atoms. The van der Waals surface area contributed by atoms with Crippen LogP contribution < -0.4 is 10.2 Å². The van der Waals surface area contributed by atoms with Crippen LogP contribution in [0.1, 0.15) is 52.0 Å². The Hall–Kier alpha value is -0.730. The molecule has 1 aliphatic heterocycles. The van der Waals surface area contributed by atoms with E-state index in [9.17, 15) is 0 Å². The second kappa shape index (κ2) is 8.05. The molecule has 1 heterocycles. The lowest BCUT2D eigenvalue weighted by molar-refractivity contribution is 0.550. The Balaban J connectivity index is 2.19. The van der Waals surface area contributed by atoms with Crippen molar-refractivity contribution < 1.29 is 0 Å². The minimum Gasteiger partial charge on any atom is -0.367 e. The van der Waals surface area contributed by atoms with Crippen molar-refractivity contribution in [2.45, 2.75) is 59.0 Å². The van der Waals surface area contributed by atoms with E-state index < -0.39 is 0 Å². The van der Waals surface area contributed by atoms with Gasteiger partial charge < -0.3 is 10.2 Å². The average Bonchev–Trinajstić information content (AvgIpc) is 2.64. The van der Waals surface area contributed by atoms with Crippen LogP contribution in [0.3, 0.4) is 0 Å². The van der Waals surface area contributed by atoms with Crippen molar-refractivity contribution in [3.05, 3.63) is 28.8 Å². The van der Waals surface area contributed by atoms with Gasteiger partial charge in [-0.25, -0.2) is 0 Å². The van der Waals surface area contributed by atoms with Gasteiger partial charge in [0.2, 0.25) is 0 Å². The van der Waals surface area contributed by atoms with Crippen LogP contribution in [-0.4, -0.2) is 19.1 Å². The standard InChI is InChI=1S/C18H29ClN2/c1-14(2)12-20-13-16-9-7-10-17(19)18(16)21-11-6-4-5-8-15(21)3/h7,9-10,14-15,20H,4-6,8,11-13H2,1-3H3. The Labute approximate surface area is 134 Å². The maximum Gasteiger partial charge on any atom is 0.0643 e. The van der Waals surface area contributed by atoms with Crippen LogP contribution in [0.2, 0.25) is 5.02 Å². The van der Waals surface area contributed by atoms with E-state index in [1.54, 1.807) is 0 Å². The number of hydrogen-bond acceptors (Lipinski definition) is 2. The maximum absolute atomic E-state index is 6.55. The van der Waals surface area contributed by atoms with Gasteiger partial charge >= 0.3 is 0 Å². The topological polar surface area (TPSA) is 15.3 Å². The summed E-state index contributed by atoms with van der Waals surface area (Å²) in [7, 11) is 0. The summed E-state index contributed by atoms with van der Waals surface area (Å²) in [5, 5.41) is 4.45. The minimum atomic E-state index is 0.580. The van der Waals surface area contributed by atoms with Gasteiger partial charge in [0.05, 0.1) is 10.7 Å². The highest BCUT2D eigenvalue weighted by molar-refractivity contribution is 6.33. The van der Waals surface area contributed by atoms with Crippen LogP contribution in [-0.2, 0) is 6.54 Å². The number of rotatable bonds is 5. The van der Waals surface area contributed by atoms with Crippen LogP contribution >= 0.6 is 11.6 Å². The normalized spacial score (nSPS) is 19.9. The van der Waals surface area contributed by atoms with Gasteiger partial charge in [0.15, 0.2) is 0 Å². The molecule has 0 saturated carbocycles. The fourth-order valence-electron chi connectivity index (χ4n) is 3.13. The molecule has 0 aromatic heterocycles. The first kappa shape index (κ1) is 16.6. The molecule has 3 heteroatoms. The van der Waals surface area contributed by atoms with E-state index in [-0.39, 0.29) is 0 Å². The van der Waals surface area contributed by atoms with Gasteiger partial charge in [0.25, 0.3) is 0 Å². The Bertz CT molecular complexity index is 445. The molecule has 1 aromatic carbocycles. The molecular weight excluding hydrogens is 280 g/mol. The summed E-state index contributed by atoms with van der Waals surface area (Å²) in [5.41, 5.74) is 2.58. The molecule has 0 aliphatic carbocycles. The summed E-state index contributed by atoms with van der Waals surface area (Å²) >= 11 is 6.55. The Kier molecular flexibility index (Phi) is 6.38. The maximum atomic E-state index is 6.55. The van der Waals surface area contributed by atoms with Crippen LogP contribution in [0.4, 0.5) is 5.69 Å². The summed E-state index contributed by atoms with van der Waals surface area (Å²) in [6, 6.07) is 6.89. The molecule has 0 radical (unpaired) electrons. The number of nitrogens with zero attached hydrogens (tertiary/aromatic N) is 1. The van der Waals surface area contributed by atoms with Crippen LogP contribution in [0, 0.1) is 5.92 Å². The predicted molar refractivity (Wildman–Crippen MR) is 93.3 cm³/mol. The van der Waals surface area contributed by atoms with Gasteiger partial charge in [-0.05, 0) is 43.9 Å². The van der Waals surface area contributed by atoms with Crippen LogP contribution in [0.25, 0.3) is 0 Å². The molecule has 1 fully saturated rings. The molecule has 0 amide bonds. The minimum absolute atomic E-state index is 0.580. The summed E-state index contributed by atoms with van der Waals surface area (Å²) in [5.74, 6) is 0.671. The van der Waals surface area contributed by atoms with Gasteiger partial charge in [-0.15, -0.1) is 0 Å². The molecule has 21 heavy (non-hydrogen) atoms. The van der Waals surface area contributed by atoms with Crippen molar-refractivity contribution in [1.29, 1.82) is 0 Å². The zero-order chi connectivity index (χ0) is 15.2. The second-order valence-corrected chi connectivity index (χ2v) is 7.07. The van der Waals surface area contributed by atoms with E-state index in [1.165, 1.54) is 36.9 Å². The molecule has 1 saturated heterocycles. The number of para-hydroxylation sites is 1. The fourth-order valence-corrected chi connectivity index (χ4v) is 3.43. The lowest BCUT2D eigenvalue weighted by atomic mass is 10.1. The predicted octanol–water partition coefficient (Wildman–Crippen LogP) is 4.85. The van der Waals surface area contributed by atoms with Crippen molar-refractivity contribution in [2.75, 3.05) is 18.0 Å². The third-order valence-corrected chi connectivity index (χ3v) is 4.58. The van der Waals surface area contributed by atoms with E-state index >= 15 is 0 Å². The third-order valence-electron chi connectivity index (χ3n) is 4.28. The molecule has 1 unspecified atom stereocenters. The van der Waals surface area contributed by atoms with Gasteiger partial charge in [-0.2, -0.15) is 0 Å². The van der Waals surface area contributed by atoms with Crippen LogP contribution in [0.15, 0.2) is 18.2 Å². The highest BCUT2D eigenvalue weighted by Crippen LogP contribution is 2.34. The van der Waals surface area contributed by atoms with Gasteiger partial charge in [-0.3, -0.25) is 0 Å². The largest absolute Gasteiger partial charge is 0.367 e. The SMILES string of the molecule is CC(C)CNCc1cccc(Cl)c1N1CCCCCC1C. The Morgan fingerprint density at radius 1 is 1.29 bits per heavy atom. The molecule has 1 aliphatic rings. The quantitative estimate of drug-likeness (QED) is 0.836. The van der Waals surface area contributed by atoms with Crippen molar-refractivity contribution in [1.82, 2.24) is 5.32 Å². The summed E-state index contributed by atoms with van der Waals surface area (Å²) in [6.07, 6.45) is 5.22. The lowest BCUT2D eigenvalue weighted by Gasteiger charge is -2.32. The number of benzene rings is 1. The van der Waals surface area contributed by atoms with E-state index in [0.29, 0.717) is 12.0 Å². The molecular formula is C18H29ClN2. The fraction of sp³-hybridized carbons (Fsp3) is 0.667. The number of halogens is 1. The van der Waals surface area contributed by atoms with Gasteiger partial charge in [0.1, 0.15) is 0 Å². The summed E-state index contributed by atoms with van der Waals surface area (Å²) in [6.45, 7) is 9.88. The van der Waals surface area contributed by atoms with Crippen LogP contribution in [0.5, 0.6) is 0 Å². The molecule has 2 nitrogen and oxygen atoms in total. The molecule has 1 N–H and O–H groups in total. The van der Waals surface area contributed by atoms with Gasteiger partial charge in [0, 0.05) is 19.1 Å². The van der Waals surface area contributed by atoms with Crippen molar-refractivity contribution in [3.63, 3.8) is 0 Å². The van der Waals surface area contributed by atoms with E-state index in [1.807, 2.05) is 6.07 Å². The zero-order valence-electron chi connectivity index (χ0n) is 13.7. The first-order chi connectivity index (χ1) is 10.1. The van der Waals surface area contributed by atoms with E-state index in [4.69, 9.17) is 11.6 Å². The first-order valence-corrected chi connectivity index (χ1v) is 8.72. The smallest absolute Gasteiger partial charge is 0.0643 e. The van der Waals surface area contributed by atoms with E-state index in [2.05, 4.69) is 43.1 Å². The second-order valence-electron chi connectivity index (χ2n) is 6.66. The highest BCUT2D eigenvalue weighted by Gasteiger charge is 2.21. The van der Waals surface area contributed by atoms with Crippen molar-refractivity contribution in [3.8, 4) is 0 Å². The summed E-state index contributed by atoms with van der Waals surface area (Å²) < 4.78 is 0. The van der Waals surface area contributed by atoms with Crippen molar-refractivity contribution in [2.24, 2.45) is 5.92 Å². The lowest BCUT2D eigenvalue weighted by Crippen LogP contribution is -2.34. The average molecular weight is 309 g/mol. The third kappa shape index (κ3) is 4.62. The molecule has 2 rings (SSSR count). The molecule has 0 bridgehead atoms. The summed E-state index contributed by atoms with van der Waals surface area (Å²) in [4.78, 5) is 2.53. The van der Waals surface area contributed by atoms with Gasteiger partial charge in [-0.1, -0.05) is 50.4 Å². The van der Waals surface area contributed by atoms with Crippen molar-refractivity contribution >= 4 is 17.3 Å². The Morgan fingerprint density at radius 2 is 2.10 bits per heavy atom. The Morgan fingerprint density at radius 3 is 2.86 bits per heavy atom. The molecule has 1 atom stereocenters.